The number of hydrogen-bond donors (Lipinski definition) is 1. The molecule has 3 aromatic heterocycles. The number of pyridine rings is 2. The number of nitrogens with zero attached hydrogens (tertiary/aromatic N) is 4. The maximum Gasteiger partial charge on any atom is 0.425 e. The zero-order chi connectivity index (χ0) is 21.7. The number of fused-ring (bicyclic) bond motifs is 1. The molecule has 0 aliphatic heterocycles. The maximum absolute atomic E-state index is 13.4. The Morgan fingerprint density at radius 1 is 1.27 bits per heavy atom. The van der Waals surface area contributed by atoms with E-state index in [1.165, 1.54) is 30.7 Å². The highest BCUT2D eigenvalue weighted by atomic mass is 32.2. The normalized spacial score (nSPS) is 15.9. The highest BCUT2D eigenvalue weighted by Crippen LogP contribution is 2.42. The van der Waals surface area contributed by atoms with E-state index in [9.17, 15) is 21.6 Å². The van der Waals surface area contributed by atoms with E-state index >= 15 is 0 Å². The topological polar surface area (TPSA) is 99.0 Å². The van der Waals surface area contributed by atoms with Gasteiger partial charge in [0.15, 0.2) is 21.6 Å². The Kier molecular flexibility index (Phi) is 4.83. The Bertz CT molecular complexity index is 1190. The lowest BCUT2D eigenvalue weighted by Crippen LogP contribution is -2.36. The summed E-state index contributed by atoms with van der Waals surface area (Å²) in [6.45, 7) is 0. The quantitative estimate of drug-likeness (QED) is 0.627. The molecule has 0 radical (unpaired) electrons. The van der Waals surface area contributed by atoms with Gasteiger partial charge >= 0.3 is 6.18 Å². The minimum atomic E-state index is -4.50. The molecule has 30 heavy (non-hydrogen) atoms. The second-order valence-corrected chi connectivity index (χ2v) is 9.25. The van der Waals surface area contributed by atoms with Crippen LogP contribution in [0.2, 0.25) is 0 Å². The Morgan fingerprint density at radius 3 is 2.57 bits per heavy atom. The van der Waals surface area contributed by atoms with E-state index in [-0.39, 0.29) is 10.8 Å². The van der Waals surface area contributed by atoms with Crippen molar-refractivity contribution in [2.24, 2.45) is 13.0 Å². The summed E-state index contributed by atoms with van der Waals surface area (Å²) in [6, 6.07) is 4.17. The van der Waals surface area contributed by atoms with E-state index in [1.54, 1.807) is 11.6 Å². The number of sulfone groups is 1. The monoisotopic (exact) mass is 441 g/mol. The second kappa shape index (κ2) is 7.11. The number of imidazole rings is 1. The van der Waals surface area contributed by atoms with Gasteiger partial charge in [0, 0.05) is 31.5 Å². The first kappa shape index (κ1) is 20.4. The maximum atomic E-state index is 13.4. The molecule has 1 saturated carbocycles. The molecular formula is C18H18F3N5O3S. The molecule has 0 saturated heterocycles. The third kappa shape index (κ3) is 4.18. The lowest BCUT2D eigenvalue weighted by molar-refractivity contribution is -0.201. The van der Waals surface area contributed by atoms with Crippen LogP contribution in [0.5, 0.6) is 5.88 Å². The molecule has 1 aliphatic carbocycles. The van der Waals surface area contributed by atoms with Crippen LogP contribution in [0, 0.1) is 5.92 Å². The summed E-state index contributed by atoms with van der Waals surface area (Å²) in [7, 11) is -1.74. The van der Waals surface area contributed by atoms with E-state index in [0.717, 1.165) is 6.26 Å². The molecule has 0 amide bonds. The average Bonchev–Trinajstić information content (AvgIpc) is 3.42. The molecule has 3 heterocycles. The fraction of sp³-hybridized carbons (Fsp3) is 0.389. The van der Waals surface area contributed by atoms with E-state index in [0.29, 0.717) is 35.5 Å². The standard InChI is InChI=1S/C18H18F3N5O3S/c1-26-9-23-15-12(24-13-6-5-11(8-22-13)30(2,27)28)7-14(25-17(15)26)29-16(10-3-4-10)18(19,20)21/h5-10,16H,3-4H2,1-2H3,(H,22,24,25). The van der Waals surface area contributed by atoms with Gasteiger partial charge in [0.05, 0.1) is 16.9 Å². The van der Waals surface area contributed by atoms with Crippen LogP contribution in [0.25, 0.3) is 11.2 Å². The molecular weight excluding hydrogens is 423 g/mol. The molecule has 0 spiro atoms. The van der Waals surface area contributed by atoms with Crippen LogP contribution in [0.3, 0.4) is 0 Å². The zero-order valence-corrected chi connectivity index (χ0v) is 16.8. The van der Waals surface area contributed by atoms with Gasteiger partial charge in [-0.05, 0) is 25.0 Å². The fourth-order valence-electron chi connectivity index (χ4n) is 3.00. The molecule has 1 aliphatic rings. The van der Waals surface area contributed by atoms with Crippen molar-refractivity contribution in [1.82, 2.24) is 19.5 Å². The summed E-state index contributed by atoms with van der Waals surface area (Å²) < 4.78 is 70.1. The van der Waals surface area contributed by atoms with Gasteiger partial charge in [-0.25, -0.2) is 18.4 Å². The minimum absolute atomic E-state index is 0.0484. The number of halogens is 3. The Balaban J connectivity index is 1.69. The number of alkyl halides is 3. The van der Waals surface area contributed by atoms with Crippen molar-refractivity contribution in [3.8, 4) is 5.88 Å². The van der Waals surface area contributed by atoms with Gasteiger partial charge < -0.3 is 14.6 Å². The Labute approximate surface area is 170 Å². The number of aryl methyl sites for hydroxylation is 1. The van der Waals surface area contributed by atoms with Crippen LogP contribution in [0.15, 0.2) is 35.6 Å². The second-order valence-electron chi connectivity index (χ2n) is 7.23. The molecule has 0 aromatic carbocycles. The highest BCUT2D eigenvalue weighted by molar-refractivity contribution is 7.90. The van der Waals surface area contributed by atoms with Crippen LogP contribution in [-0.2, 0) is 16.9 Å². The number of anilines is 2. The van der Waals surface area contributed by atoms with E-state index in [4.69, 9.17) is 4.74 Å². The highest BCUT2D eigenvalue weighted by Gasteiger charge is 2.51. The number of rotatable bonds is 6. The summed E-state index contributed by atoms with van der Waals surface area (Å²) in [5, 5.41) is 2.95. The van der Waals surface area contributed by atoms with Gasteiger partial charge in [0.25, 0.3) is 0 Å². The van der Waals surface area contributed by atoms with Crippen LogP contribution < -0.4 is 10.1 Å². The first-order valence-corrected chi connectivity index (χ1v) is 10.9. The van der Waals surface area contributed by atoms with Crippen molar-refractivity contribution in [3.63, 3.8) is 0 Å². The van der Waals surface area contributed by atoms with Crippen LogP contribution in [0.1, 0.15) is 12.8 Å². The summed E-state index contributed by atoms with van der Waals surface area (Å²) in [5.74, 6) is -0.465. The first-order valence-electron chi connectivity index (χ1n) is 9.01. The number of aromatic nitrogens is 4. The lowest BCUT2D eigenvalue weighted by Gasteiger charge is -2.21. The predicted molar refractivity (Wildman–Crippen MR) is 102 cm³/mol. The zero-order valence-electron chi connectivity index (χ0n) is 16.0. The van der Waals surface area contributed by atoms with Crippen molar-refractivity contribution < 1.29 is 26.3 Å². The molecule has 1 N–H and O–H groups in total. The SMILES string of the molecule is Cn1cnc2c(Nc3ccc(S(C)(=O)=O)cn3)cc(OC(C3CC3)C(F)(F)F)nc21. The molecule has 1 fully saturated rings. The summed E-state index contributed by atoms with van der Waals surface area (Å²) in [5.41, 5.74) is 1.08. The molecule has 160 valence electrons. The van der Waals surface area contributed by atoms with Gasteiger partial charge in [0.1, 0.15) is 11.3 Å². The van der Waals surface area contributed by atoms with Gasteiger partial charge in [-0.15, -0.1) is 0 Å². The van der Waals surface area contributed by atoms with Crippen molar-refractivity contribution >= 4 is 32.5 Å². The molecule has 8 nitrogen and oxygen atoms in total. The number of nitrogens with one attached hydrogen (secondary N) is 1. The Hall–Kier alpha value is -2.89. The first-order chi connectivity index (χ1) is 14.0. The summed E-state index contributed by atoms with van der Waals surface area (Å²) in [6.07, 6.45) is -1.76. The van der Waals surface area contributed by atoms with E-state index < -0.39 is 28.0 Å². The number of ether oxygens (including phenoxy) is 1. The van der Waals surface area contributed by atoms with Gasteiger partial charge in [-0.2, -0.15) is 18.2 Å². The average molecular weight is 441 g/mol. The number of hydrogen-bond acceptors (Lipinski definition) is 7. The molecule has 12 heteroatoms. The molecule has 3 aromatic rings. The smallest absolute Gasteiger partial charge is 0.425 e. The van der Waals surface area contributed by atoms with E-state index in [1.807, 2.05) is 0 Å². The Morgan fingerprint density at radius 2 is 2.00 bits per heavy atom. The van der Waals surface area contributed by atoms with Crippen molar-refractivity contribution in [2.45, 2.75) is 30.0 Å². The van der Waals surface area contributed by atoms with E-state index in [2.05, 4.69) is 20.3 Å². The summed E-state index contributed by atoms with van der Waals surface area (Å²) in [4.78, 5) is 12.5. The molecule has 0 bridgehead atoms. The fourth-order valence-corrected chi connectivity index (χ4v) is 3.56. The van der Waals surface area contributed by atoms with Gasteiger partial charge in [0.2, 0.25) is 5.88 Å². The van der Waals surface area contributed by atoms with Gasteiger partial charge in [-0.1, -0.05) is 0 Å². The van der Waals surface area contributed by atoms with Crippen LogP contribution in [-0.4, -0.2) is 46.5 Å². The summed E-state index contributed by atoms with van der Waals surface area (Å²) >= 11 is 0. The molecule has 1 atom stereocenters. The van der Waals surface area contributed by atoms with Crippen molar-refractivity contribution in [3.05, 3.63) is 30.7 Å². The van der Waals surface area contributed by atoms with Crippen LogP contribution in [0.4, 0.5) is 24.7 Å². The van der Waals surface area contributed by atoms with Crippen LogP contribution >= 0.6 is 0 Å². The largest absolute Gasteiger partial charge is 0.464 e. The third-order valence-corrected chi connectivity index (χ3v) is 5.79. The lowest BCUT2D eigenvalue weighted by atomic mass is 10.2. The molecule has 4 rings (SSSR count). The van der Waals surface area contributed by atoms with Gasteiger partial charge in [-0.3, -0.25) is 0 Å². The minimum Gasteiger partial charge on any atom is -0.464 e. The van der Waals surface area contributed by atoms with Crippen molar-refractivity contribution in [1.29, 1.82) is 0 Å². The third-order valence-electron chi connectivity index (χ3n) is 4.69. The van der Waals surface area contributed by atoms with Crippen molar-refractivity contribution in [2.75, 3.05) is 11.6 Å². The molecule has 1 unspecified atom stereocenters. The predicted octanol–water partition coefficient (Wildman–Crippen LogP) is 3.23.